The summed E-state index contributed by atoms with van der Waals surface area (Å²) in [6.45, 7) is 11.4. The third kappa shape index (κ3) is 3.97. The Bertz CT molecular complexity index is 433. The molecule has 0 aliphatic carbocycles. The van der Waals surface area contributed by atoms with Gasteiger partial charge >= 0.3 is 0 Å². The molecule has 2 rings (SSSR count). The standard InChI is InChI=1S/C17H27ClN2/c1-12(2)8-17-11-20(13(3)10-19-17)14(4)15-6-5-7-16(18)9-15/h5-7,9,12-14,17,19H,8,10-11H2,1-4H3. The minimum atomic E-state index is 0.417. The van der Waals surface area contributed by atoms with Gasteiger partial charge in [0, 0.05) is 36.2 Å². The third-order valence-electron chi connectivity index (χ3n) is 4.28. The van der Waals surface area contributed by atoms with Gasteiger partial charge in [-0.15, -0.1) is 0 Å². The fourth-order valence-corrected chi connectivity index (χ4v) is 3.38. The lowest BCUT2D eigenvalue weighted by atomic mass is 9.97. The fraction of sp³-hybridized carbons (Fsp3) is 0.647. The highest BCUT2D eigenvalue weighted by atomic mass is 35.5. The molecule has 3 heteroatoms. The minimum absolute atomic E-state index is 0.417. The Hall–Kier alpha value is -0.570. The molecular formula is C17H27ClN2. The molecule has 3 unspecified atom stereocenters. The van der Waals surface area contributed by atoms with Gasteiger partial charge in [0.2, 0.25) is 0 Å². The van der Waals surface area contributed by atoms with E-state index in [0.29, 0.717) is 18.1 Å². The van der Waals surface area contributed by atoms with Crippen LogP contribution in [-0.2, 0) is 0 Å². The number of hydrogen-bond acceptors (Lipinski definition) is 2. The van der Waals surface area contributed by atoms with E-state index >= 15 is 0 Å². The van der Waals surface area contributed by atoms with Gasteiger partial charge in [-0.2, -0.15) is 0 Å². The average molecular weight is 295 g/mol. The highest BCUT2D eigenvalue weighted by molar-refractivity contribution is 6.30. The van der Waals surface area contributed by atoms with Crippen LogP contribution in [0.4, 0.5) is 0 Å². The molecule has 1 fully saturated rings. The van der Waals surface area contributed by atoms with Gasteiger partial charge in [-0.05, 0) is 43.9 Å². The van der Waals surface area contributed by atoms with Crippen molar-refractivity contribution < 1.29 is 0 Å². The molecule has 1 aromatic carbocycles. The number of hydrogen-bond donors (Lipinski definition) is 1. The summed E-state index contributed by atoms with van der Waals surface area (Å²) in [5.74, 6) is 0.740. The molecule has 0 saturated carbocycles. The maximum Gasteiger partial charge on any atom is 0.0409 e. The normalized spacial score (nSPS) is 25.9. The lowest BCUT2D eigenvalue weighted by Gasteiger charge is -2.43. The number of rotatable bonds is 4. The van der Waals surface area contributed by atoms with E-state index in [1.807, 2.05) is 12.1 Å². The fourth-order valence-electron chi connectivity index (χ4n) is 3.18. The molecule has 20 heavy (non-hydrogen) atoms. The second-order valence-corrected chi connectivity index (χ2v) is 6.95. The number of nitrogens with one attached hydrogen (secondary N) is 1. The lowest BCUT2D eigenvalue weighted by molar-refractivity contribution is 0.0923. The van der Waals surface area contributed by atoms with Crippen LogP contribution in [0.25, 0.3) is 0 Å². The molecule has 1 saturated heterocycles. The van der Waals surface area contributed by atoms with Crippen molar-refractivity contribution in [2.75, 3.05) is 13.1 Å². The predicted molar refractivity (Wildman–Crippen MR) is 87.3 cm³/mol. The van der Waals surface area contributed by atoms with Gasteiger partial charge in [0.05, 0.1) is 0 Å². The summed E-state index contributed by atoms with van der Waals surface area (Å²) in [6.07, 6.45) is 1.24. The molecule has 0 radical (unpaired) electrons. The van der Waals surface area contributed by atoms with Crippen molar-refractivity contribution in [1.82, 2.24) is 10.2 Å². The molecule has 0 amide bonds. The lowest BCUT2D eigenvalue weighted by Crippen LogP contribution is -2.56. The topological polar surface area (TPSA) is 15.3 Å². The monoisotopic (exact) mass is 294 g/mol. The molecule has 3 atom stereocenters. The number of halogens is 1. The molecule has 1 heterocycles. The van der Waals surface area contributed by atoms with Crippen molar-refractivity contribution in [3.63, 3.8) is 0 Å². The van der Waals surface area contributed by atoms with Crippen molar-refractivity contribution in [3.8, 4) is 0 Å². The van der Waals surface area contributed by atoms with E-state index in [1.165, 1.54) is 12.0 Å². The van der Waals surface area contributed by atoms with Crippen molar-refractivity contribution >= 4 is 11.6 Å². The Morgan fingerprint density at radius 3 is 2.75 bits per heavy atom. The van der Waals surface area contributed by atoms with E-state index in [4.69, 9.17) is 11.6 Å². The zero-order chi connectivity index (χ0) is 14.7. The highest BCUT2D eigenvalue weighted by Crippen LogP contribution is 2.27. The largest absolute Gasteiger partial charge is 0.311 e. The molecule has 1 N–H and O–H groups in total. The summed E-state index contributed by atoms with van der Waals surface area (Å²) in [5, 5.41) is 4.51. The summed E-state index contributed by atoms with van der Waals surface area (Å²) in [4.78, 5) is 2.61. The first-order valence-corrected chi connectivity index (χ1v) is 8.09. The van der Waals surface area contributed by atoms with E-state index in [1.54, 1.807) is 0 Å². The molecule has 0 spiro atoms. The van der Waals surface area contributed by atoms with E-state index in [-0.39, 0.29) is 0 Å². The number of benzene rings is 1. The summed E-state index contributed by atoms with van der Waals surface area (Å²) in [5.41, 5.74) is 1.31. The number of piperazine rings is 1. The van der Waals surface area contributed by atoms with Crippen molar-refractivity contribution in [2.24, 2.45) is 5.92 Å². The van der Waals surface area contributed by atoms with Crippen LogP contribution >= 0.6 is 11.6 Å². The van der Waals surface area contributed by atoms with Gasteiger partial charge in [-0.3, -0.25) is 4.90 Å². The average Bonchev–Trinajstić information content (AvgIpc) is 2.39. The van der Waals surface area contributed by atoms with Crippen LogP contribution in [0.3, 0.4) is 0 Å². The molecule has 1 aromatic rings. The summed E-state index contributed by atoms with van der Waals surface area (Å²) in [7, 11) is 0. The van der Waals surface area contributed by atoms with Crippen LogP contribution in [0.1, 0.15) is 45.7 Å². The number of nitrogens with zero attached hydrogens (tertiary/aromatic N) is 1. The Morgan fingerprint density at radius 2 is 2.10 bits per heavy atom. The van der Waals surface area contributed by atoms with Gasteiger partial charge in [-0.25, -0.2) is 0 Å². The van der Waals surface area contributed by atoms with E-state index < -0.39 is 0 Å². The van der Waals surface area contributed by atoms with Gasteiger partial charge in [0.15, 0.2) is 0 Å². The van der Waals surface area contributed by atoms with Gasteiger partial charge < -0.3 is 5.32 Å². The minimum Gasteiger partial charge on any atom is -0.311 e. The first-order valence-electron chi connectivity index (χ1n) is 7.72. The summed E-state index contributed by atoms with van der Waals surface area (Å²) < 4.78 is 0. The smallest absolute Gasteiger partial charge is 0.0409 e. The van der Waals surface area contributed by atoms with Crippen LogP contribution in [0.5, 0.6) is 0 Å². The second-order valence-electron chi connectivity index (χ2n) is 6.51. The van der Waals surface area contributed by atoms with E-state index in [9.17, 15) is 0 Å². The molecule has 0 aromatic heterocycles. The van der Waals surface area contributed by atoms with Crippen LogP contribution in [0, 0.1) is 5.92 Å². The second kappa shape index (κ2) is 6.93. The summed E-state index contributed by atoms with van der Waals surface area (Å²) >= 11 is 6.13. The predicted octanol–water partition coefficient (Wildman–Crippen LogP) is 4.11. The van der Waals surface area contributed by atoms with Gasteiger partial charge in [0.1, 0.15) is 0 Å². The molecule has 1 aliphatic rings. The van der Waals surface area contributed by atoms with Gasteiger partial charge in [0.25, 0.3) is 0 Å². The van der Waals surface area contributed by atoms with E-state index in [0.717, 1.165) is 24.0 Å². The quantitative estimate of drug-likeness (QED) is 0.899. The van der Waals surface area contributed by atoms with Crippen LogP contribution in [-0.4, -0.2) is 30.1 Å². The molecule has 0 bridgehead atoms. The first-order chi connectivity index (χ1) is 9.47. The molecule has 1 aliphatic heterocycles. The zero-order valence-electron chi connectivity index (χ0n) is 13.1. The molecule has 2 nitrogen and oxygen atoms in total. The van der Waals surface area contributed by atoms with Crippen LogP contribution < -0.4 is 5.32 Å². The summed E-state index contributed by atoms with van der Waals surface area (Å²) in [6, 6.07) is 9.86. The Labute approximate surface area is 128 Å². The van der Waals surface area contributed by atoms with Crippen molar-refractivity contribution in [3.05, 3.63) is 34.9 Å². The van der Waals surface area contributed by atoms with Crippen LogP contribution in [0.15, 0.2) is 24.3 Å². The zero-order valence-corrected chi connectivity index (χ0v) is 13.8. The molecule has 112 valence electrons. The van der Waals surface area contributed by atoms with Gasteiger partial charge in [-0.1, -0.05) is 37.6 Å². The SMILES string of the molecule is CC(C)CC1CN(C(C)c2cccc(Cl)c2)C(C)CN1. The Balaban J connectivity index is 2.08. The van der Waals surface area contributed by atoms with Crippen molar-refractivity contribution in [2.45, 2.75) is 52.2 Å². The maximum atomic E-state index is 6.13. The van der Waals surface area contributed by atoms with Crippen molar-refractivity contribution in [1.29, 1.82) is 0 Å². The highest BCUT2D eigenvalue weighted by Gasteiger charge is 2.29. The van der Waals surface area contributed by atoms with Crippen LogP contribution in [0.2, 0.25) is 5.02 Å². The Kier molecular flexibility index (Phi) is 5.48. The first kappa shape index (κ1) is 15.8. The van der Waals surface area contributed by atoms with E-state index in [2.05, 4.69) is 50.0 Å². The maximum absolute atomic E-state index is 6.13. The Morgan fingerprint density at radius 1 is 1.35 bits per heavy atom. The molecular weight excluding hydrogens is 268 g/mol. The third-order valence-corrected chi connectivity index (χ3v) is 4.52.